The number of rotatable bonds is 9. The molecule has 0 radical (unpaired) electrons. The van der Waals surface area contributed by atoms with Gasteiger partial charge in [-0.05, 0) is 86.5 Å². The van der Waals surface area contributed by atoms with Gasteiger partial charge in [0.2, 0.25) is 11.8 Å². The number of amides is 2. The SMILES string of the molecule is C/C(=C\c1ccc(CO)o1)CC[C@H]1OB(O)C[C@H]2C1=C(C(C)C)C[C@H]1C(=O)N(C3CCN(Cc4ccccc4)CC3)C(=O)[C@H]12. The van der Waals surface area contributed by atoms with Crippen molar-refractivity contribution in [3.63, 3.8) is 0 Å². The fraction of sp³-hybridized carbons (Fsp3) is 0.543. The van der Waals surface area contributed by atoms with Crippen LogP contribution in [0.15, 0.2) is 63.6 Å². The van der Waals surface area contributed by atoms with E-state index in [2.05, 4.69) is 43.0 Å². The van der Waals surface area contributed by atoms with Gasteiger partial charge in [0.25, 0.3) is 0 Å². The topological polar surface area (TPSA) is 103 Å². The van der Waals surface area contributed by atoms with Gasteiger partial charge in [-0.3, -0.25) is 19.4 Å². The van der Waals surface area contributed by atoms with E-state index >= 15 is 0 Å². The van der Waals surface area contributed by atoms with Gasteiger partial charge in [-0.25, -0.2) is 0 Å². The van der Waals surface area contributed by atoms with E-state index in [0.29, 0.717) is 30.7 Å². The summed E-state index contributed by atoms with van der Waals surface area (Å²) in [7, 11) is -0.972. The Morgan fingerprint density at radius 3 is 2.50 bits per heavy atom. The lowest BCUT2D eigenvalue weighted by atomic mass is 9.57. The molecular formula is C35H45BN2O6. The third-order valence-electron chi connectivity index (χ3n) is 10.2. The molecule has 0 bridgehead atoms. The van der Waals surface area contributed by atoms with Crippen molar-refractivity contribution in [3.05, 3.63) is 76.3 Å². The number of allylic oxidation sites excluding steroid dienone is 2. The van der Waals surface area contributed by atoms with Gasteiger partial charge in [-0.2, -0.15) is 0 Å². The molecule has 9 heteroatoms. The molecular weight excluding hydrogens is 555 g/mol. The Morgan fingerprint density at radius 2 is 1.82 bits per heavy atom. The molecule has 234 valence electrons. The number of furan rings is 1. The Morgan fingerprint density at radius 1 is 1.07 bits per heavy atom. The minimum atomic E-state index is -0.972. The monoisotopic (exact) mass is 600 g/mol. The smallest absolute Gasteiger partial charge is 0.455 e. The van der Waals surface area contributed by atoms with E-state index in [0.717, 1.165) is 50.0 Å². The van der Waals surface area contributed by atoms with Gasteiger partial charge in [0.05, 0.1) is 17.9 Å². The molecule has 2 amide bonds. The number of hydrogen-bond donors (Lipinski definition) is 2. The van der Waals surface area contributed by atoms with Gasteiger partial charge < -0.3 is 19.2 Å². The van der Waals surface area contributed by atoms with Crippen LogP contribution < -0.4 is 0 Å². The molecule has 2 aromatic rings. The Labute approximate surface area is 260 Å². The third kappa shape index (κ3) is 6.25. The molecule has 3 aliphatic heterocycles. The molecule has 4 atom stereocenters. The summed E-state index contributed by atoms with van der Waals surface area (Å²) in [6.07, 6.45) is 5.56. The lowest BCUT2D eigenvalue weighted by molar-refractivity contribution is -0.144. The highest BCUT2D eigenvalue weighted by atomic mass is 16.5. The van der Waals surface area contributed by atoms with Gasteiger partial charge in [-0.1, -0.05) is 55.3 Å². The van der Waals surface area contributed by atoms with E-state index in [1.165, 1.54) is 11.1 Å². The Balaban J connectivity index is 1.17. The van der Waals surface area contributed by atoms with Gasteiger partial charge in [0.15, 0.2) is 0 Å². The van der Waals surface area contributed by atoms with Crippen LogP contribution in [0.4, 0.5) is 0 Å². The van der Waals surface area contributed by atoms with Gasteiger partial charge in [0, 0.05) is 25.7 Å². The van der Waals surface area contributed by atoms with Crippen molar-refractivity contribution < 1.29 is 28.8 Å². The van der Waals surface area contributed by atoms with Crippen molar-refractivity contribution in [2.24, 2.45) is 23.7 Å². The molecule has 6 rings (SSSR count). The van der Waals surface area contributed by atoms with E-state index in [4.69, 9.17) is 9.07 Å². The molecule has 4 aliphatic rings. The lowest BCUT2D eigenvalue weighted by Crippen LogP contribution is -2.48. The fourth-order valence-corrected chi connectivity index (χ4v) is 8.04. The maximum atomic E-state index is 14.2. The fourth-order valence-electron chi connectivity index (χ4n) is 8.04. The number of nitrogens with zero attached hydrogens (tertiary/aromatic N) is 2. The maximum absolute atomic E-state index is 14.2. The molecule has 4 heterocycles. The third-order valence-corrected chi connectivity index (χ3v) is 10.2. The first-order valence-corrected chi connectivity index (χ1v) is 16.3. The zero-order valence-electron chi connectivity index (χ0n) is 26.2. The molecule has 1 aliphatic carbocycles. The molecule has 3 fully saturated rings. The zero-order valence-corrected chi connectivity index (χ0v) is 26.2. The van der Waals surface area contributed by atoms with Crippen LogP contribution >= 0.6 is 0 Å². The normalized spacial score (nSPS) is 27.0. The van der Waals surface area contributed by atoms with E-state index in [1.807, 2.05) is 25.1 Å². The van der Waals surface area contributed by atoms with Gasteiger partial charge >= 0.3 is 7.12 Å². The number of hydrogen-bond acceptors (Lipinski definition) is 7. The summed E-state index contributed by atoms with van der Waals surface area (Å²) < 4.78 is 11.8. The number of fused-ring (bicyclic) bond motifs is 3. The lowest BCUT2D eigenvalue weighted by Gasteiger charge is -2.44. The van der Waals surface area contributed by atoms with Crippen molar-refractivity contribution in [1.82, 2.24) is 9.80 Å². The van der Waals surface area contributed by atoms with Crippen LogP contribution in [0.25, 0.3) is 6.08 Å². The number of imide groups is 1. The van der Waals surface area contributed by atoms with Crippen LogP contribution in [0, 0.1) is 23.7 Å². The summed E-state index contributed by atoms with van der Waals surface area (Å²) in [5.41, 5.74) is 4.73. The average Bonchev–Trinajstić information content (AvgIpc) is 3.57. The second-order valence-corrected chi connectivity index (χ2v) is 13.4. The highest BCUT2D eigenvalue weighted by Crippen LogP contribution is 2.52. The molecule has 1 aromatic heterocycles. The molecule has 3 saturated heterocycles. The summed E-state index contributed by atoms with van der Waals surface area (Å²) in [4.78, 5) is 32.2. The Hall–Kier alpha value is -2.98. The van der Waals surface area contributed by atoms with Crippen molar-refractivity contribution in [2.75, 3.05) is 13.1 Å². The van der Waals surface area contributed by atoms with Gasteiger partial charge in [0.1, 0.15) is 18.1 Å². The zero-order chi connectivity index (χ0) is 31.0. The second-order valence-electron chi connectivity index (χ2n) is 13.4. The summed E-state index contributed by atoms with van der Waals surface area (Å²) in [6.45, 7) is 8.81. The largest absolute Gasteiger partial charge is 0.459 e. The number of aliphatic hydroxyl groups excluding tert-OH is 1. The van der Waals surface area contributed by atoms with Crippen LogP contribution in [0.1, 0.15) is 70.0 Å². The number of carbonyl (C=O) groups is 2. The van der Waals surface area contributed by atoms with Crippen LogP contribution in [0.2, 0.25) is 6.32 Å². The van der Waals surface area contributed by atoms with Crippen molar-refractivity contribution in [1.29, 1.82) is 0 Å². The van der Waals surface area contributed by atoms with Crippen LogP contribution in [0.5, 0.6) is 0 Å². The minimum Gasteiger partial charge on any atom is -0.459 e. The molecule has 44 heavy (non-hydrogen) atoms. The summed E-state index contributed by atoms with van der Waals surface area (Å²) in [5.74, 6) is 0.382. The van der Waals surface area contributed by atoms with E-state index in [9.17, 15) is 19.7 Å². The molecule has 1 aromatic carbocycles. The van der Waals surface area contributed by atoms with E-state index < -0.39 is 13.0 Å². The highest BCUT2D eigenvalue weighted by Gasteiger charge is 2.58. The first-order chi connectivity index (χ1) is 21.2. The Bertz CT molecular complexity index is 1410. The van der Waals surface area contributed by atoms with Crippen molar-refractivity contribution in [3.8, 4) is 0 Å². The number of benzene rings is 1. The van der Waals surface area contributed by atoms with Crippen LogP contribution in [-0.4, -0.2) is 64.1 Å². The first-order valence-electron chi connectivity index (χ1n) is 16.3. The quantitative estimate of drug-likeness (QED) is 0.235. The maximum Gasteiger partial charge on any atom is 0.455 e. The standard InChI is InChI=1S/C35H45BN2O6/c1-22(2)28-18-29-33(35(41)38(34(29)40)25-13-15-37(16-14-25)20-24-7-5-4-6-8-24)30-19-36(42)44-31(32(28)30)12-9-23(3)17-26-10-11-27(21-39)43-26/h4-8,10-11,17,22,25,29-31,33,39,42H,9,12-16,18-21H2,1-3H3/b23-17+/t29-,30+,31-,33-/m1/s1. The van der Waals surface area contributed by atoms with Crippen LogP contribution in [0.3, 0.4) is 0 Å². The van der Waals surface area contributed by atoms with E-state index in [1.54, 1.807) is 11.0 Å². The minimum absolute atomic E-state index is 0.0179. The Kier molecular flexibility index (Phi) is 9.29. The number of piperidine rings is 1. The highest BCUT2D eigenvalue weighted by molar-refractivity contribution is 6.43. The molecule has 0 spiro atoms. The molecule has 0 saturated carbocycles. The second kappa shape index (κ2) is 13.2. The van der Waals surface area contributed by atoms with E-state index in [-0.39, 0.29) is 48.3 Å². The summed E-state index contributed by atoms with van der Waals surface area (Å²) >= 11 is 0. The predicted octanol–water partition coefficient (Wildman–Crippen LogP) is 5.07. The summed E-state index contributed by atoms with van der Waals surface area (Å²) in [6, 6.07) is 14.0. The summed E-state index contributed by atoms with van der Waals surface area (Å²) in [5, 5.41) is 20.2. The molecule has 0 unspecified atom stereocenters. The molecule has 8 nitrogen and oxygen atoms in total. The predicted molar refractivity (Wildman–Crippen MR) is 169 cm³/mol. The number of likely N-dealkylation sites (tertiary alicyclic amines) is 2. The average molecular weight is 601 g/mol. The number of carbonyl (C=O) groups excluding carboxylic acids is 2. The van der Waals surface area contributed by atoms with Crippen molar-refractivity contribution in [2.45, 2.75) is 84.5 Å². The first kappa shape index (κ1) is 31.0. The van der Waals surface area contributed by atoms with Crippen molar-refractivity contribution >= 4 is 25.0 Å². The van der Waals surface area contributed by atoms with Crippen LogP contribution in [-0.2, 0) is 27.4 Å². The molecule has 2 N–H and O–H groups in total. The number of aliphatic hydroxyl groups is 1. The van der Waals surface area contributed by atoms with Gasteiger partial charge in [-0.15, -0.1) is 0 Å².